The van der Waals surface area contributed by atoms with Crippen LogP contribution in [0.2, 0.25) is 5.02 Å². The van der Waals surface area contributed by atoms with Gasteiger partial charge in [-0.2, -0.15) is 4.31 Å². The molecule has 0 bridgehead atoms. The van der Waals surface area contributed by atoms with Crippen LogP contribution in [0, 0.1) is 11.8 Å². The van der Waals surface area contributed by atoms with Crippen LogP contribution in [0.5, 0.6) is 0 Å². The van der Waals surface area contributed by atoms with Gasteiger partial charge in [0, 0.05) is 37.6 Å². The summed E-state index contributed by atoms with van der Waals surface area (Å²) >= 11 is 6.28. The molecule has 0 saturated carbocycles. The number of benzene rings is 2. The summed E-state index contributed by atoms with van der Waals surface area (Å²) in [7, 11) is -3.71. The molecule has 2 aromatic rings. The van der Waals surface area contributed by atoms with Crippen LogP contribution >= 0.6 is 11.6 Å². The minimum atomic E-state index is -3.71. The summed E-state index contributed by atoms with van der Waals surface area (Å²) in [5.41, 5.74) is 1.81. The van der Waals surface area contributed by atoms with Gasteiger partial charge in [0.15, 0.2) is 0 Å². The number of rotatable bonds is 5. The Morgan fingerprint density at radius 1 is 1.03 bits per heavy atom. The fourth-order valence-corrected chi connectivity index (χ4v) is 6.48. The molecule has 33 heavy (non-hydrogen) atoms. The minimum absolute atomic E-state index is 0.0843. The van der Waals surface area contributed by atoms with Crippen molar-refractivity contribution in [1.82, 2.24) is 4.31 Å². The first-order valence-electron chi connectivity index (χ1n) is 11.3. The highest BCUT2D eigenvalue weighted by molar-refractivity contribution is 7.89. The van der Waals surface area contributed by atoms with Crippen molar-refractivity contribution in [3.8, 4) is 0 Å². The highest BCUT2D eigenvalue weighted by atomic mass is 35.5. The summed E-state index contributed by atoms with van der Waals surface area (Å²) < 4.78 is 33.4. The molecule has 0 aromatic heterocycles. The number of morpholine rings is 1. The lowest BCUT2D eigenvalue weighted by molar-refractivity contribution is 0.102. The van der Waals surface area contributed by atoms with Gasteiger partial charge >= 0.3 is 0 Å². The van der Waals surface area contributed by atoms with Crippen LogP contribution in [0.15, 0.2) is 47.4 Å². The number of nitrogens with zero attached hydrogens (tertiary/aromatic N) is 2. The zero-order valence-corrected chi connectivity index (χ0v) is 20.5. The first-order chi connectivity index (χ1) is 15.7. The molecular formula is C24H30ClN3O4S. The molecule has 2 fully saturated rings. The number of halogens is 1. The highest BCUT2D eigenvalue weighted by Gasteiger charge is 2.32. The molecule has 2 aromatic carbocycles. The Kier molecular flexibility index (Phi) is 7.28. The van der Waals surface area contributed by atoms with Gasteiger partial charge in [-0.3, -0.25) is 4.79 Å². The number of anilines is 2. The number of piperidine rings is 1. The van der Waals surface area contributed by atoms with Gasteiger partial charge in [0.25, 0.3) is 5.91 Å². The van der Waals surface area contributed by atoms with E-state index in [2.05, 4.69) is 24.1 Å². The Labute approximate surface area is 200 Å². The van der Waals surface area contributed by atoms with Crippen LogP contribution in [0.1, 0.15) is 30.6 Å². The summed E-state index contributed by atoms with van der Waals surface area (Å²) in [6, 6.07) is 11.9. The lowest BCUT2D eigenvalue weighted by Gasteiger charge is -2.34. The normalized spacial score (nSPS) is 22.2. The molecule has 0 radical (unpaired) electrons. The number of carbonyl (C=O) groups is 1. The maximum Gasteiger partial charge on any atom is 0.257 e. The molecule has 2 saturated heterocycles. The van der Waals surface area contributed by atoms with E-state index in [1.165, 1.54) is 22.5 Å². The molecule has 2 unspecified atom stereocenters. The number of amides is 1. The zero-order chi connectivity index (χ0) is 23.6. The topological polar surface area (TPSA) is 79.0 Å². The first kappa shape index (κ1) is 24.0. The Hall–Kier alpha value is -2.13. The molecule has 2 aliphatic heterocycles. The second kappa shape index (κ2) is 10.0. The van der Waals surface area contributed by atoms with E-state index in [-0.39, 0.29) is 15.5 Å². The van der Waals surface area contributed by atoms with Gasteiger partial charge in [0.1, 0.15) is 0 Å². The van der Waals surface area contributed by atoms with E-state index in [1.54, 1.807) is 0 Å². The van der Waals surface area contributed by atoms with Gasteiger partial charge in [-0.25, -0.2) is 8.42 Å². The van der Waals surface area contributed by atoms with E-state index in [1.807, 2.05) is 24.3 Å². The number of hydrogen-bond donors (Lipinski definition) is 1. The summed E-state index contributed by atoms with van der Waals surface area (Å²) in [6.45, 7) is 8.14. The lowest BCUT2D eigenvalue weighted by atomic mass is 9.94. The molecule has 0 aliphatic carbocycles. The number of nitrogens with one attached hydrogen (secondary N) is 1. The first-order valence-corrected chi connectivity index (χ1v) is 13.1. The Morgan fingerprint density at radius 3 is 2.30 bits per heavy atom. The van der Waals surface area contributed by atoms with Gasteiger partial charge in [0.2, 0.25) is 10.0 Å². The zero-order valence-electron chi connectivity index (χ0n) is 19.0. The molecule has 2 heterocycles. The standard InChI is InChI=1S/C24H30ClN3O4S/c1-17-13-18(2)16-28(15-17)33(30,31)21-7-8-23(25)22(14-21)24(29)26-19-3-5-20(6-4-19)27-9-11-32-12-10-27/h3-8,14,17-18H,9-13,15-16H2,1-2H3,(H,26,29). The van der Waals surface area contributed by atoms with Crippen molar-refractivity contribution in [2.24, 2.45) is 11.8 Å². The van der Waals surface area contributed by atoms with Gasteiger partial charge in [-0.15, -0.1) is 0 Å². The fourth-order valence-electron chi connectivity index (χ4n) is 4.57. The Morgan fingerprint density at radius 2 is 1.67 bits per heavy atom. The third kappa shape index (κ3) is 5.51. The molecule has 9 heteroatoms. The predicted molar refractivity (Wildman–Crippen MR) is 131 cm³/mol. The van der Waals surface area contributed by atoms with Crippen molar-refractivity contribution in [2.75, 3.05) is 49.6 Å². The largest absolute Gasteiger partial charge is 0.378 e. The van der Waals surface area contributed by atoms with Crippen LogP contribution in [0.3, 0.4) is 0 Å². The van der Waals surface area contributed by atoms with Gasteiger partial charge in [0.05, 0.1) is 28.7 Å². The summed E-state index contributed by atoms with van der Waals surface area (Å²) in [5, 5.41) is 3.03. The molecule has 1 N–H and O–H groups in total. The van der Waals surface area contributed by atoms with Crippen molar-refractivity contribution >= 4 is 38.9 Å². The molecule has 0 spiro atoms. The molecule has 7 nitrogen and oxygen atoms in total. The van der Waals surface area contributed by atoms with E-state index in [4.69, 9.17) is 16.3 Å². The molecular weight excluding hydrogens is 462 g/mol. The van der Waals surface area contributed by atoms with E-state index in [0.29, 0.717) is 43.8 Å². The third-order valence-electron chi connectivity index (χ3n) is 6.16. The maximum atomic E-state index is 13.2. The fraction of sp³-hybridized carbons (Fsp3) is 0.458. The third-order valence-corrected chi connectivity index (χ3v) is 8.31. The molecule has 178 valence electrons. The van der Waals surface area contributed by atoms with Crippen LogP contribution in [-0.4, -0.2) is 58.0 Å². The second-order valence-corrected chi connectivity index (χ2v) is 11.4. The second-order valence-electron chi connectivity index (χ2n) is 9.01. The van der Waals surface area contributed by atoms with Crippen LogP contribution < -0.4 is 10.2 Å². The quantitative estimate of drug-likeness (QED) is 0.681. The van der Waals surface area contributed by atoms with Crippen molar-refractivity contribution < 1.29 is 17.9 Å². The number of sulfonamides is 1. The average Bonchev–Trinajstić information content (AvgIpc) is 2.79. The maximum absolute atomic E-state index is 13.2. The number of hydrogen-bond acceptors (Lipinski definition) is 5. The molecule has 2 aliphatic rings. The lowest BCUT2D eigenvalue weighted by Crippen LogP contribution is -2.42. The number of carbonyl (C=O) groups excluding carboxylic acids is 1. The minimum Gasteiger partial charge on any atom is -0.378 e. The number of ether oxygens (including phenoxy) is 1. The van der Waals surface area contributed by atoms with Crippen LogP contribution in [0.25, 0.3) is 0 Å². The molecule has 1 amide bonds. The summed E-state index contributed by atoms with van der Waals surface area (Å²) in [4.78, 5) is 15.3. The van der Waals surface area contributed by atoms with Crippen molar-refractivity contribution in [1.29, 1.82) is 0 Å². The van der Waals surface area contributed by atoms with E-state index >= 15 is 0 Å². The monoisotopic (exact) mass is 491 g/mol. The Bertz CT molecular complexity index is 1090. The predicted octanol–water partition coefficient (Wildman–Crippen LogP) is 4.10. The van der Waals surface area contributed by atoms with Crippen molar-refractivity contribution in [3.05, 3.63) is 53.1 Å². The van der Waals surface area contributed by atoms with Gasteiger partial charge < -0.3 is 15.0 Å². The van der Waals surface area contributed by atoms with Crippen molar-refractivity contribution in [3.63, 3.8) is 0 Å². The van der Waals surface area contributed by atoms with Crippen molar-refractivity contribution in [2.45, 2.75) is 25.2 Å². The van der Waals surface area contributed by atoms with E-state index < -0.39 is 15.9 Å². The van der Waals surface area contributed by atoms with E-state index in [9.17, 15) is 13.2 Å². The smallest absolute Gasteiger partial charge is 0.257 e. The van der Waals surface area contributed by atoms with Crippen LogP contribution in [0.4, 0.5) is 11.4 Å². The Balaban J connectivity index is 1.51. The van der Waals surface area contributed by atoms with E-state index in [0.717, 1.165) is 25.2 Å². The molecule has 2 atom stereocenters. The molecule has 4 rings (SSSR count). The van der Waals surface area contributed by atoms with Gasteiger partial charge in [-0.05, 0) is 60.7 Å². The average molecular weight is 492 g/mol. The van der Waals surface area contributed by atoms with Crippen LogP contribution in [-0.2, 0) is 14.8 Å². The summed E-state index contributed by atoms with van der Waals surface area (Å²) in [5.74, 6) is 0.134. The van der Waals surface area contributed by atoms with Gasteiger partial charge in [-0.1, -0.05) is 25.4 Å². The SMILES string of the molecule is CC1CC(C)CN(S(=O)(=O)c2ccc(Cl)c(C(=O)Nc3ccc(N4CCOCC4)cc3)c2)C1. The summed E-state index contributed by atoms with van der Waals surface area (Å²) in [6.07, 6.45) is 1.00. The highest BCUT2D eigenvalue weighted by Crippen LogP contribution is 2.29.